The molecule has 1 saturated heterocycles. The van der Waals surface area contributed by atoms with Crippen molar-refractivity contribution in [3.63, 3.8) is 0 Å². The van der Waals surface area contributed by atoms with Gasteiger partial charge in [-0.3, -0.25) is 9.58 Å². The van der Waals surface area contributed by atoms with Crippen molar-refractivity contribution in [3.05, 3.63) is 18.0 Å². The molecule has 90 valence electrons. The van der Waals surface area contributed by atoms with Crippen molar-refractivity contribution in [2.24, 2.45) is 12.8 Å². The second-order valence-electron chi connectivity index (χ2n) is 4.47. The Morgan fingerprint density at radius 2 is 2.38 bits per heavy atom. The minimum absolute atomic E-state index is 0.209. The average Bonchev–Trinajstić information content (AvgIpc) is 2.82. The molecule has 1 aromatic heterocycles. The van der Waals surface area contributed by atoms with Gasteiger partial charge in [0.15, 0.2) is 0 Å². The summed E-state index contributed by atoms with van der Waals surface area (Å²) in [4.78, 5) is 2.35. The zero-order valence-electron chi connectivity index (χ0n) is 9.97. The van der Waals surface area contributed by atoms with E-state index in [-0.39, 0.29) is 6.04 Å². The van der Waals surface area contributed by atoms with Crippen LogP contribution in [0.5, 0.6) is 0 Å². The quantitative estimate of drug-likeness (QED) is 0.769. The Hall–Kier alpha value is -0.910. The fraction of sp³-hybridized carbons (Fsp3) is 0.727. The van der Waals surface area contributed by atoms with Gasteiger partial charge in [-0.2, -0.15) is 5.10 Å². The number of rotatable bonds is 4. The topological polar surface area (TPSA) is 56.3 Å². The summed E-state index contributed by atoms with van der Waals surface area (Å²) in [5, 5.41) is 4.20. The number of nitrogens with two attached hydrogens (primary N) is 1. The van der Waals surface area contributed by atoms with E-state index in [1.807, 2.05) is 17.9 Å². The maximum Gasteiger partial charge on any atom is 0.0589 e. The largest absolute Gasteiger partial charge is 0.383 e. The summed E-state index contributed by atoms with van der Waals surface area (Å²) < 4.78 is 6.92. The molecule has 0 bridgehead atoms. The molecule has 1 aromatic rings. The van der Waals surface area contributed by atoms with E-state index in [9.17, 15) is 0 Å². The molecule has 2 atom stereocenters. The van der Waals surface area contributed by atoms with E-state index in [0.717, 1.165) is 26.2 Å². The molecule has 2 heterocycles. The van der Waals surface area contributed by atoms with Crippen molar-refractivity contribution in [1.82, 2.24) is 14.7 Å². The Bertz CT molecular complexity index is 338. The maximum absolute atomic E-state index is 6.16. The highest BCUT2D eigenvalue weighted by molar-refractivity contribution is 5.17. The van der Waals surface area contributed by atoms with E-state index in [1.165, 1.54) is 5.56 Å². The van der Waals surface area contributed by atoms with Crippen molar-refractivity contribution in [2.75, 3.05) is 33.4 Å². The van der Waals surface area contributed by atoms with Gasteiger partial charge < -0.3 is 10.5 Å². The standard InChI is InChI=1S/C11H20N4O/c1-14-6-9(5-13-14)10-7-15(3-4-16-2)8-11(10)12/h5-6,10-11H,3-4,7-8,12H2,1-2H3/t10-,11+/m1/s1. The summed E-state index contributed by atoms with van der Waals surface area (Å²) in [7, 11) is 3.67. The summed E-state index contributed by atoms with van der Waals surface area (Å²) in [6, 6.07) is 0.209. The molecule has 2 rings (SSSR count). The lowest BCUT2D eigenvalue weighted by molar-refractivity contribution is 0.160. The van der Waals surface area contributed by atoms with Crippen LogP contribution in [0, 0.1) is 0 Å². The van der Waals surface area contributed by atoms with Gasteiger partial charge in [-0.1, -0.05) is 0 Å². The van der Waals surface area contributed by atoms with Gasteiger partial charge in [0.25, 0.3) is 0 Å². The minimum atomic E-state index is 0.209. The number of aryl methyl sites for hydroxylation is 1. The zero-order chi connectivity index (χ0) is 11.5. The van der Waals surface area contributed by atoms with Crippen molar-refractivity contribution >= 4 is 0 Å². The molecule has 0 unspecified atom stereocenters. The first kappa shape index (κ1) is 11.6. The normalized spacial score (nSPS) is 26.4. The fourth-order valence-corrected chi connectivity index (χ4v) is 2.30. The van der Waals surface area contributed by atoms with Crippen LogP contribution in [0.4, 0.5) is 0 Å². The van der Waals surface area contributed by atoms with Crippen LogP contribution in [-0.2, 0) is 11.8 Å². The van der Waals surface area contributed by atoms with Crippen molar-refractivity contribution < 1.29 is 4.74 Å². The second-order valence-corrected chi connectivity index (χ2v) is 4.47. The molecule has 0 saturated carbocycles. The molecule has 1 aliphatic heterocycles. The first-order valence-corrected chi connectivity index (χ1v) is 5.66. The Morgan fingerprint density at radius 3 is 3.00 bits per heavy atom. The Balaban J connectivity index is 1.97. The Labute approximate surface area is 96.2 Å². The van der Waals surface area contributed by atoms with Gasteiger partial charge in [0.2, 0.25) is 0 Å². The van der Waals surface area contributed by atoms with Crippen LogP contribution in [0.25, 0.3) is 0 Å². The molecular formula is C11H20N4O. The summed E-state index contributed by atoms with van der Waals surface area (Å²) in [5.74, 6) is 0.408. The molecule has 2 N–H and O–H groups in total. The summed E-state index contributed by atoms with van der Waals surface area (Å²) in [6.07, 6.45) is 3.98. The SMILES string of the molecule is COCCN1C[C@H](c2cnn(C)c2)[C@@H](N)C1. The third kappa shape index (κ3) is 2.42. The number of likely N-dealkylation sites (tertiary alicyclic amines) is 1. The molecule has 0 spiro atoms. The van der Waals surface area contributed by atoms with Crippen LogP contribution >= 0.6 is 0 Å². The van der Waals surface area contributed by atoms with Gasteiger partial charge in [0, 0.05) is 51.9 Å². The van der Waals surface area contributed by atoms with E-state index in [0.29, 0.717) is 5.92 Å². The van der Waals surface area contributed by atoms with Crippen molar-refractivity contribution in [3.8, 4) is 0 Å². The van der Waals surface area contributed by atoms with E-state index in [2.05, 4.69) is 16.2 Å². The highest BCUT2D eigenvalue weighted by Gasteiger charge is 2.31. The van der Waals surface area contributed by atoms with Crippen molar-refractivity contribution in [2.45, 2.75) is 12.0 Å². The first-order valence-electron chi connectivity index (χ1n) is 5.66. The predicted molar refractivity (Wildman–Crippen MR) is 62.2 cm³/mol. The van der Waals surface area contributed by atoms with Gasteiger partial charge in [-0.05, 0) is 5.56 Å². The fourth-order valence-electron chi connectivity index (χ4n) is 2.30. The molecule has 5 heteroatoms. The van der Waals surface area contributed by atoms with Gasteiger partial charge >= 0.3 is 0 Å². The number of aromatic nitrogens is 2. The smallest absolute Gasteiger partial charge is 0.0589 e. The highest BCUT2D eigenvalue weighted by atomic mass is 16.5. The third-order valence-electron chi connectivity index (χ3n) is 3.21. The zero-order valence-corrected chi connectivity index (χ0v) is 9.97. The van der Waals surface area contributed by atoms with Crippen molar-refractivity contribution in [1.29, 1.82) is 0 Å². The molecule has 16 heavy (non-hydrogen) atoms. The Morgan fingerprint density at radius 1 is 1.56 bits per heavy atom. The van der Waals surface area contributed by atoms with Crippen LogP contribution in [0.2, 0.25) is 0 Å². The van der Waals surface area contributed by atoms with Crippen LogP contribution < -0.4 is 5.73 Å². The van der Waals surface area contributed by atoms with Crippen LogP contribution in [0.3, 0.4) is 0 Å². The molecule has 0 amide bonds. The van der Waals surface area contributed by atoms with Gasteiger partial charge in [-0.25, -0.2) is 0 Å². The van der Waals surface area contributed by atoms with E-state index < -0.39 is 0 Å². The van der Waals surface area contributed by atoms with Crippen LogP contribution in [0.1, 0.15) is 11.5 Å². The monoisotopic (exact) mass is 224 g/mol. The van der Waals surface area contributed by atoms with Gasteiger partial charge in [-0.15, -0.1) is 0 Å². The first-order chi connectivity index (χ1) is 7.70. The summed E-state index contributed by atoms with van der Waals surface area (Å²) in [6.45, 7) is 3.69. The second kappa shape index (κ2) is 4.95. The van der Waals surface area contributed by atoms with Crippen LogP contribution in [-0.4, -0.2) is 54.1 Å². The maximum atomic E-state index is 6.16. The molecule has 0 aliphatic carbocycles. The van der Waals surface area contributed by atoms with Gasteiger partial charge in [0.1, 0.15) is 0 Å². The molecule has 1 fully saturated rings. The van der Waals surface area contributed by atoms with Crippen LogP contribution in [0.15, 0.2) is 12.4 Å². The number of hydrogen-bond acceptors (Lipinski definition) is 4. The number of nitrogens with zero attached hydrogens (tertiary/aromatic N) is 3. The summed E-state index contributed by atoms with van der Waals surface area (Å²) >= 11 is 0. The van der Waals surface area contributed by atoms with E-state index in [1.54, 1.807) is 7.11 Å². The Kier molecular flexibility index (Phi) is 3.58. The molecule has 5 nitrogen and oxygen atoms in total. The summed E-state index contributed by atoms with van der Waals surface area (Å²) in [5.41, 5.74) is 7.41. The average molecular weight is 224 g/mol. The third-order valence-corrected chi connectivity index (χ3v) is 3.21. The molecular weight excluding hydrogens is 204 g/mol. The minimum Gasteiger partial charge on any atom is -0.383 e. The lowest BCUT2D eigenvalue weighted by Gasteiger charge is -2.14. The number of ether oxygens (including phenoxy) is 1. The van der Waals surface area contributed by atoms with Gasteiger partial charge in [0.05, 0.1) is 12.8 Å². The number of methoxy groups -OCH3 is 1. The molecule has 0 aromatic carbocycles. The molecule has 1 aliphatic rings. The predicted octanol–water partition coefficient (Wildman–Crippen LogP) is -0.207. The molecule has 0 radical (unpaired) electrons. The van der Waals surface area contributed by atoms with E-state index >= 15 is 0 Å². The highest BCUT2D eigenvalue weighted by Crippen LogP contribution is 2.25. The lowest BCUT2D eigenvalue weighted by Crippen LogP contribution is -2.30. The van der Waals surface area contributed by atoms with E-state index in [4.69, 9.17) is 10.5 Å². The lowest BCUT2D eigenvalue weighted by atomic mass is 9.98. The number of hydrogen-bond donors (Lipinski definition) is 1.